The van der Waals surface area contributed by atoms with E-state index in [0.717, 1.165) is 4.70 Å². The maximum absolute atomic E-state index is 13.6. The van der Waals surface area contributed by atoms with E-state index in [4.69, 9.17) is 14.2 Å². The summed E-state index contributed by atoms with van der Waals surface area (Å²) in [5.41, 5.74) is 1.58. The molecule has 1 aliphatic rings. The summed E-state index contributed by atoms with van der Waals surface area (Å²) in [5.74, 6) is 1.30. The van der Waals surface area contributed by atoms with Crippen molar-refractivity contribution in [1.29, 1.82) is 0 Å². The Balaban J connectivity index is 1.53. The van der Waals surface area contributed by atoms with Gasteiger partial charge in [0.1, 0.15) is 19.0 Å². The molecule has 0 aliphatic carbocycles. The van der Waals surface area contributed by atoms with Crippen LogP contribution in [0.3, 0.4) is 0 Å². The normalized spacial score (nSPS) is 12.6. The third-order valence-electron chi connectivity index (χ3n) is 5.17. The summed E-state index contributed by atoms with van der Waals surface area (Å²) < 4.78 is 17.3. The minimum Gasteiger partial charge on any atom is -0.497 e. The van der Waals surface area contributed by atoms with Crippen molar-refractivity contribution in [3.05, 3.63) is 81.9 Å². The fourth-order valence-electron chi connectivity index (χ4n) is 3.40. The highest BCUT2D eigenvalue weighted by molar-refractivity contribution is 7.22. The van der Waals surface area contributed by atoms with Gasteiger partial charge in [0.25, 0.3) is 11.6 Å². The first-order valence-corrected chi connectivity index (χ1v) is 11.3. The summed E-state index contributed by atoms with van der Waals surface area (Å²) in [6.45, 7) is 0.841. The second-order valence-electron chi connectivity index (χ2n) is 7.40. The Hall–Kier alpha value is -4.51. The number of benzene rings is 3. The molecule has 1 amide bonds. The minimum absolute atomic E-state index is 0.0357. The molecule has 1 aliphatic heterocycles. The Morgan fingerprint density at radius 1 is 1.11 bits per heavy atom. The number of non-ortho nitro benzene ring substituents is 1. The Kier molecular flexibility index (Phi) is 5.98. The molecule has 0 saturated carbocycles. The van der Waals surface area contributed by atoms with E-state index in [2.05, 4.69) is 10.1 Å². The Morgan fingerprint density at radius 3 is 2.63 bits per heavy atom. The van der Waals surface area contributed by atoms with E-state index in [-0.39, 0.29) is 5.69 Å². The van der Waals surface area contributed by atoms with Crippen LogP contribution in [0.4, 0.5) is 10.8 Å². The molecular formula is C24H18N4O6S. The molecule has 5 rings (SSSR count). The number of anilines is 1. The van der Waals surface area contributed by atoms with Crippen LogP contribution in [-0.2, 0) is 0 Å². The van der Waals surface area contributed by atoms with Gasteiger partial charge >= 0.3 is 0 Å². The number of aromatic nitrogens is 1. The summed E-state index contributed by atoms with van der Waals surface area (Å²) in [5, 5.41) is 16.9. The average molecular weight is 490 g/mol. The van der Waals surface area contributed by atoms with Crippen LogP contribution in [0, 0.1) is 10.1 Å². The number of methoxy groups -OCH3 is 1. The highest BCUT2D eigenvalue weighted by Gasteiger charge is 2.23. The topological polar surface area (TPSA) is 116 Å². The second kappa shape index (κ2) is 9.39. The zero-order valence-electron chi connectivity index (χ0n) is 18.4. The van der Waals surface area contributed by atoms with Crippen molar-refractivity contribution in [2.75, 3.05) is 25.3 Å². The van der Waals surface area contributed by atoms with Crippen LogP contribution < -0.4 is 19.2 Å². The number of nitro benzene ring substituents is 1. The van der Waals surface area contributed by atoms with E-state index in [1.165, 1.54) is 34.7 Å². The van der Waals surface area contributed by atoms with Gasteiger partial charge in [0.05, 0.1) is 28.5 Å². The predicted octanol–water partition coefficient (Wildman–Crippen LogP) is 4.67. The molecule has 0 atom stereocenters. The molecular weight excluding hydrogens is 472 g/mol. The van der Waals surface area contributed by atoms with Crippen LogP contribution >= 0.6 is 11.3 Å². The smallest absolute Gasteiger partial charge is 0.280 e. The molecule has 11 heteroatoms. The molecule has 1 aromatic heterocycles. The second-order valence-corrected chi connectivity index (χ2v) is 8.41. The Bertz CT molecular complexity index is 1450. The fourth-order valence-corrected chi connectivity index (χ4v) is 4.35. The van der Waals surface area contributed by atoms with Crippen molar-refractivity contribution in [3.63, 3.8) is 0 Å². The molecule has 35 heavy (non-hydrogen) atoms. The highest BCUT2D eigenvalue weighted by atomic mass is 32.1. The lowest BCUT2D eigenvalue weighted by Gasteiger charge is -2.19. The molecule has 0 unspecified atom stereocenters. The van der Waals surface area contributed by atoms with Crippen molar-refractivity contribution in [2.24, 2.45) is 5.10 Å². The number of amides is 1. The van der Waals surface area contributed by atoms with Crippen molar-refractivity contribution in [3.8, 4) is 17.2 Å². The SMILES string of the molecule is COc1ccc2nc(N(/N=C/c3ccc([N+](=O)[O-])cc3)C(=O)c3ccc4c(c3)OCCO4)sc2c1. The number of hydrogen-bond donors (Lipinski definition) is 0. The van der Waals surface area contributed by atoms with Gasteiger partial charge in [0.15, 0.2) is 11.5 Å². The van der Waals surface area contributed by atoms with Gasteiger partial charge in [-0.15, -0.1) is 0 Å². The van der Waals surface area contributed by atoms with Crippen LogP contribution in [0.2, 0.25) is 0 Å². The number of hydrogen-bond acceptors (Lipinski definition) is 9. The first kappa shape index (κ1) is 22.3. The van der Waals surface area contributed by atoms with Gasteiger partial charge in [0, 0.05) is 17.7 Å². The number of nitrogens with zero attached hydrogens (tertiary/aromatic N) is 4. The first-order chi connectivity index (χ1) is 17.0. The van der Waals surface area contributed by atoms with E-state index in [1.54, 1.807) is 49.6 Å². The van der Waals surface area contributed by atoms with Crippen LogP contribution in [0.5, 0.6) is 17.2 Å². The van der Waals surface area contributed by atoms with Crippen LogP contribution in [0.25, 0.3) is 10.2 Å². The molecule has 0 fully saturated rings. The van der Waals surface area contributed by atoms with E-state index >= 15 is 0 Å². The molecule has 0 saturated heterocycles. The first-order valence-electron chi connectivity index (χ1n) is 10.5. The molecule has 176 valence electrons. The van der Waals surface area contributed by atoms with Gasteiger partial charge in [-0.3, -0.25) is 14.9 Å². The molecule has 4 aromatic rings. The van der Waals surface area contributed by atoms with Gasteiger partial charge in [-0.2, -0.15) is 10.1 Å². The van der Waals surface area contributed by atoms with E-state index < -0.39 is 10.8 Å². The molecule has 0 N–H and O–H groups in total. The van der Waals surface area contributed by atoms with E-state index in [1.807, 2.05) is 6.07 Å². The van der Waals surface area contributed by atoms with Crippen molar-refractivity contribution in [1.82, 2.24) is 4.98 Å². The highest BCUT2D eigenvalue weighted by Crippen LogP contribution is 2.34. The largest absolute Gasteiger partial charge is 0.497 e. The summed E-state index contributed by atoms with van der Waals surface area (Å²) in [6, 6.07) is 16.2. The van der Waals surface area contributed by atoms with Crippen molar-refractivity contribution < 1.29 is 23.9 Å². The Morgan fingerprint density at radius 2 is 1.89 bits per heavy atom. The monoisotopic (exact) mass is 490 g/mol. The van der Waals surface area contributed by atoms with Crippen molar-refractivity contribution >= 4 is 44.5 Å². The lowest BCUT2D eigenvalue weighted by Crippen LogP contribution is -2.26. The maximum Gasteiger partial charge on any atom is 0.280 e. The van der Waals surface area contributed by atoms with Crippen molar-refractivity contribution in [2.45, 2.75) is 0 Å². The van der Waals surface area contributed by atoms with Gasteiger partial charge in [0.2, 0.25) is 5.13 Å². The standard InChI is InChI=1S/C24H18N4O6S/c1-32-18-7-8-19-22(13-18)35-24(26-19)27(25-14-15-2-5-17(6-3-15)28(30)31)23(29)16-4-9-20-21(12-16)34-11-10-33-20/h2-9,12-14H,10-11H2,1H3/b25-14+. The van der Waals surface area contributed by atoms with Gasteiger partial charge in [-0.1, -0.05) is 11.3 Å². The predicted molar refractivity (Wildman–Crippen MR) is 131 cm³/mol. The number of thiazole rings is 1. The molecule has 10 nitrogen and oxygen atoms in total. The maximum atomic E-state index is 13.6. The zero-order valence-corrected chi connectivity index (χ0v) is 19.2. The van der Waals surface area contributed by atoms with Crippen LogP contribution in [-0.4, -0.2) is 42.4 Å². The minimum atomic E-state index is -0.478. The number of rotatable bonds is 6. The number of carbonyl (C=O) groups is 1. The Labute approximate surface area is 203 Å². The lowest BCUT2D eigenvalue weighted by atomic mass is 10.2. The van der Waals surface area contributed by atoms with E-state index in [0.29, 0.717) is 52.2 Å². The molecule has 0 bridgehead atoms. The third kappa shape index (κ3) is 4.62. The zero-order chi connectivity index (χ0) is 24.4. The molecule has 0 spiro atoms. The summed E-state index contributed by atoms with van der Waals surface area (Å²) in [7, 11) is 1.58. The number of nitro groups is 1. The average Bonchev–Trinajstić information content (AvgIpc) is 3.31. The van der Waals surface area contributed by atoms with Crippen LogP contribution in [0.15, 0.2) is 65.8 Å². The molecule has 3 aromatic carbocycles. The molecule has 2 heterocycles. The van der Waals surface area contributed by atoms with Gasteiger partial charge < -0.3 is 14.2 Å². The van der Waals surface area contributed by atoms with Gasteiger partial charge in [-0.25, -0.2) is 4.98 Å². The number of fused-ring (bicyclic) bond motifs is 2. The fraction of sp³-hybridized carbons (Fsp3) is 0.125. The summed E-state index contributed by atoms with van der Waals surface area (Å²) in [6.07, 6.45) is 1.45. The van der Waals surface area contributed by atoms with E-state index in [9.17, 15) is 14.9 Å². The number of hydrazone groups is 1. The third-order valence-corrected chi connectivity index (χ3v) is 6.17. The van der Waals surface area contributed by atoms with Crippen LogP contribution in [0.1, 0.15) is 15.9 Å². The van der Waals surface area contributed by atoms with Gasteiger partial charge in [-0.05, 0) is 54.1 Å². The summed E-state index contributed by atoms with van der Waals surface area (Å²) >= 11 is 1.28. The lowest BCUT2D eigenvalue weighted by molar-refractivity contribution is -0.384. The summed E-state index contributed by atoms with van der Waals surface area (Å²) in [4.78, 5) is 28.6. The molecule has 0 radical (unpaired) electrons. The number of ether oxygens (including phenoxy) is 3. The quantitative estimate of drug-likeness (QED) is 0.219. The number of carbonyl (C=O) groups excluding carboxylic acids is 1.